The maximum atomic E-state index is 12.0. The number of hydrogen-bond donors (Lipinski definition) is 2. The summed E-state index contributed by atoms with van der Waals surface area (Å²) < 4.78 is 25.3. The number of nitrogens with one attached hydrogen (secondary N) is 2. The van der Waals surface area contributed by atoms with Gasteiger partial charge in [0, 0.05) is 13.1 Å². The Bertz CT molecular complexity index is 476. The molecule has 2 aliphatic rings. The van der Waals surface area contributed by atoms with Gasteiger partial charge in [0.05, 0.1) is 5.75 Å². The number of hydrogen-bond acceptors (Lipinski definition) is 4. The summed E-state index contributed by atoms with van der Waals surface area (Å²) >= 11 is 0. The minimum absolute atomic E-state index is 0.0346. The molecule has 2 rings (SSSR count). The lowest BCUT2D eigenvalue weighted by Crippen LogP contribution is -2.59. The van der Waals surface area contributed by atoms with Gasteiger partial charge in [-0.2, -0.15) is 4.31 Å². The molecule has 102 valence electrons. The van der Waals surface area contributed by atoms with Crippen LogP contribution in [0.15, 0.2) is 0 Å². The molecule has 3 amide bonds. The van der Waals surface area contributed by atoms with Crippen LogP contribution in [0.3, 0.4) is 0 Å². The average molecular weight is 275 g/mol. The van der Waals surface area contributed by atoms with Gasteiger partial charge in [0.25, 0.3) is 5.91 Å². The van der Waals surface area contributed by atoms with Crippen LogP contribution < -0.4 is 10.6 Å². The van der Waals surface area contributed by atoms with Crippen molar-refractivity contribution < 1.29 is 18.0 Å². The minimum atomic E-state index is -3.34. The van der Waals surface area contributed by atoms with E-state index in [1.807, 2.05) is 0 Å². The Balaban J connectivity index is 2.19. The van der Waals surface area contributed by atoms with Gasteiger partial charge in [-0.3, -0.25) is 10.1 Å². The average Bonchev–Trinajstić information content (AvgIpc) is 2.53. The van der Waals surface area contributed by atoms with Crippen LogP contribution in [-0.4, -0.2) is 49.0 Å². The van der Waals surface area contributed by atoms with Gasteiger partial charge in [-0.25, -0.2) is 13.2 Å². The van der Waals surface area contributed by atoms with E-state index in [4.69, 9.17) is 0 Å². The molecule has 7 nitrogen and oxygen atoms in total. The quantitative estimate of drug-likeness (QED) is 0.672. The van der Waals surface area contributed by atoms with Crippen molar-refractivity contribution in [2.45, 2.75) is 31.7 Å². The Kier molecular flexibility index (Phi) is 3.33. The molecule has 1 spiro atoms. The molecule has 2 fully saturated rings. The Labute approximate surface area is 106 Å². The Morgan fingerprint density at radius 3 is 2.67 bits per heavy atom. The molecule has 18 heavy (non-hydrogen) atoms. The summed E-state index contributed by atoms with van der Waals surface area (Å²) in [7, 11) is -3.34. The predicted octanol–water partition coefficient (Wildman–Crippen LogP) is -0.600. The van der Waals surface area contributed by atoms with Crippen LogP contribution in [-0.2, 0) is 14.8 Å². The molecular formula is C10H17N3O4S. The van der Waals surface area contributed by atoms with Crippen LogP contribution in [0.4, 0.5) is 4.79 Å². The fourth-order valence-electron chi connectivity index (χ4n) is 2.46. The number of urea groups is 1. The highest BCUT2D eigenvalue weighted by Gasteiger charge is 2.50. The van der Waals surface area contributed by atoms with E-state index in [1.54, 1.807) is 6.92 Å². The number of imide groups is 1. The van der Waals surface area contributed by atoms with E-state index in [2.05, 4.69) is 10.6 Å². The maximum absolute atomic E-state index is 12.0. The number of nitrogens with zero attached hydrogens (tertiary/aromatic N) is 1. The summed E-state index contributed by atoms with van der Waals surface area (Å²) in [5.74, 6) is -0.359. The summed E-state index contributed by atoms with van der Waals surface area (Å²) in [6, 6.07) is -0.547. The highest BCUT2D eigenvalue weighted by atomic mass is 32.2. The van der Waals surface area contributed by atoms with Gasteiger partial charge in [-0.15, -0.1) is 0 Å². The molecule has 2 aliphatic heterocycles. The highest BCUT2D eigenvalue weighted by molar-refractivity contribution is 7.89. The van der Waals surface area contributed by atoms with Gasteiger partial charge in [-0.05, 0) is 19.3 Å². The van der Waals surface area contributed by atoms with E-state index >= 15 is 0 Å². The van der Waals surface area contributed by atoms with Crippen molar-refractivity contribution in [3.05, 3.63) is 0 Å². The molecule has 0 saturated carbocycles. The largest absolute Gasteiger partial charge is 0.322 e. The molecule has 0 bridgehead atoms. The van der Waals surface area contributed by atoms with Crippen molar-refractivity contribution in [1.29, 1.82) is 0 Å². The summed E-state index contributed by atoms with van der Waals surface area (Å²) in [6.45, 7) is 2.24. The molecule has 8 heteroatoms. The number of carbonyl (C=O) groups is 2. The Morgan fingerprint density at radius 1 is 1.39 bits per heavy atom. The highest BCUT2D eigenvalue weighted by Crippen LogP contribution is 2.26. The third-order valence-corrected chi connectivity index (χ3v) is 5.35. The fraction of sp³-hybridized carbons (Fsp3) is 0.800. The van der Waals surface area contributed by atoms with Crippen LogP contribution in [0.2, 0.25) is 0 Å². The predicted molar refractivity (Wildman–Crippen MR) is 64.3 cm³/mol. The van der Waals surface area contributed by atoms with Crippen molar-refractivity contribution in [3.8, 4) is 0 Å². The zero-order valence-corrected chi connectivity index (χ0v) is 11.0. The van der Waals surface area contributed by atoms with Gasteiger partial charge in [0.1, 0.15) is 5.54 Å². The number of piperidine rings is 1. The molecule has 2 saturated heterocycles. The van der Waals surface area contributed by atoms with Gasteiger partial charge in [-0.1, -0.05) is 6.92 Å². The summed E-state index contributed by atoms with van der Waals surface area (Å²) in [4.78, 5) is 23.0. The smallest absolute Gasteiger partial charge is 0.322 e. The van der Waals surface area contributed by atoms with Gasteiger partial charge in [0.15, 0.2) is 0 Å². The lowest BCUT2D eigenvalue weighted by Gasteiger charge is -2.37. The van der Waals surface area contributed by atoms with Gasteiger partial charge < -0.3 is 5.32 Å². The lowest BCUT2D eigenvalue weighted by molar-refractivity contribution is -0.125. The summed E-state index contributed by atoms with van der Waals surface area (Å²) in [5, 5.41) is 4.73. The molecule has 0 aromatic carbocycles. The lowest BCUT2D eigenvalue weighted by atomic mass is 9.90. The van der Waals surface area contributed by atoms with Crippen molar-refractivity contribution >= 4 is 22.0 Å². The summed E-state index contributed by atoms with van der Waals surface area (Å²) in [6.07, 6.45) is 1.57. The van der Waals surface area contributed by atoms with E-state index in [-0.39, 0.29) is 12.3 Å². The third kappa shape index (κ3) is 2.22. The van der Waals surface area contributed by atoms with E-state index in [9.17, 15) is 18.0 Å². The van der Waals surface area contributed by atoms with Crippen LogP contribution >= 0.6 is 0 Å². The number of sulfonamides is 1. The first-order valence-electron chi connectivity index (χ1n) is 6.01. The Morgan fingerprint density at radius 2 is 2.11 bits per heavy atom. The van der Waals surface area contributed by atoms with Crippen molar-refractivity contribution in [1.82, 2.24) is 14.9 Å². The van der Waals surface area contributed by atoms with Crippen LogP contribution in [0.25, 0.3) is 0 Å². The molecule has 0 aromatic rings. The standard InChI is InChI=1S/C10H17N3O4S/c1-2-6-18(16,17)13-5-3-4-10(7-13)8(14)11-9(15)12-10/h2-7H2,1H3,(H2,11,12,14,15). The molecule has 2 heterocycles. The van der Waals surface area contributed by atoms with E-state index in [1.165, 1.54) is 4.31 Å². The molecule has 0 aliphatic carbocycles. The Hall–Kier alpha value is -1.15. The number of carbonyl (C=O) groups excluding carboxylic acids is 2. The van der Waals surface area contributed by atoms with Gasteiger partial charge >= 0.3 is 6.03 Å². The fourth-order valence-corrected chi connectivity index (χ4v) is 4.05. The first-order valence-corrected chi connectivity index (χ1v) is 7.62. The first kappa shape index (κ1) is 13.3. The van der Waals surface area contributed by atoms with E-state index < -0.39 is 27.5 Å². The molecule has 1 atom stereocenters. The molecule has 0 radical (unpaired) electrons. The zero-order chi connectivity index (χ0) is 13.4. The maximum Gasteiger partial charge on any atom is 0.322 e. The second kappa shape index (κ2) is 4.51. The SMILES string of the molecule is CCCS(=O)(=O)N1CCCC2(C1)NC(=O)NC2=O. The van der Waals surface area contributed by atoms with Crippen LogP contribution in [0.5, 0.6) is 0 Å². The second-order valence-electron chi connectivity index (χ2n) is 4.74. The summed E-state index contributed by atoms with van der Waals surface area (Å²) in [5.41, 5.74) is -1.07. The molecule has 0 aromatic heterocycles. The zero-order valence-electron chi connectivity index (χ0n) is 10.2. The number of amides is 3. The topological polar surface area (TPSA) is 95.6 Å². The third-order valence-electron chi connectivity index (χ3n) is 3.33. The van der Waals surface area contributed by atoms with E-state index in [0.29, 0.717) is 25.8 Å². The van der Waals surface area contributed by atoms with Gasteiger partial charge in [0.2, 0.25) is 10.0 Å². The second-order valence-corrected chi connectivity index (χ2v) is 6.83. The number of rotatable bonds is 3. The molecule has 2 N–H and O–H groups in total. The monoisotopic (exact) mass is 275 g/mol. The molecular weight excluding hydrogens is 258 g/mol. The van der Waals surface area contributed by atoms with E-state index in [0.717, 1.165) is 0 Å². The van der Waals surface area contributed by atoms with Crippen molar-refractivity contribution in [2.75, 3.05) is 18.8 Å². The van der Waals surface area contributed by atoms with Crippen molar-refractivity contribution in [3.63, 3.8) is 0 Å². The normalized spacial score (nSPS) is 29.4. The van der Waals surface area contributed by atoms with Crippen LogP contribution in [0.1, 0.15) is 26.2 Å². The first-order chi connectivity index (χ1) is 8.39. The minimum Gasteiger partial charge on any atom is -0.322 e. The van der Waals surface area contributed by atoms with Crippen LogP contribution in [0, 0.1) is 0 Å². The molecule has 1 unspecified atom stereocenters. The van der Waals surface area contributed by atoms with Crippen molar-refractivity contribution in [2.24, 2.45) is 0 Å².